The third-order valence-corrected chi connectivity index (χ3v) is 4.94. The van der Waals surface area contributed by atoms with Crippen LogP contribution in [0.1, 0.15) is 19.0 Å². The molecule has 4 nitrogen and oxygen atoms in total. The number of imidazole rings is 1. The zero-order valence-corrected chi connectivity index (χ0v) is 15.3. The van der Waals surface area contributed by atoms with E-state index in [1.807, 2.05) is 48.7 Å². The molecule has 3 heterocycles. The molecule has 0 amide bonds. The Kier molecular flexibility index (Phi) is 4.42. The van der Waals surface area contributed by atoms with Gasteiger partial charge in [0, 0.05) is 22.3 Å². The standard InChI is InChI=1S/C19H17ClN4S/c1-2-5-15-18(24-11-4-3-6-17(24)22-15)16-12-25-19(23-16)21-14-9-7-13(20)8-10-14/h3-4,6-12H,2,5H2,1H3,(H,21,23). The summed E-state index contributed by atoms with van der Waals surface area (Å²) in [7, 11) is 0. The second kappa shape index (κ2) is 6.86. The Morgan fingerprint density at radius 2 is 1.96 bits per heavy atom. The van der Waals surface area contributed by atoms with Gasteiger partial charge in [0.05, 0.1) is 11.4 Å². The Morgan fingerprint density at radius 3 is 2.76 bits per heavy atom. The third kappa shape index (κ3) is 3.25. The molecule has 0 bridgehead atoms. The van der Waals surface area contributed by atoms with Gasteiger partial charge in [-0.2, -0.15) is 0 Å². The molecule has 0 radical (unpaired) electrons. The zero-order valence-electron chi connectivity index (χ0n) is 13.7. The molecule has 0 fully saturated rings. The van der Waals surface area contributed by atoms with Crippen LogP contribution >= 0.6 is 22.9 Å². The number of nitrogens with one attached hydrogen (secondary N) is 1. The molecule has 0 saturated carbocycles. The topological polar surface area (TPSA) is 42.2 Å². The Morgan fingerprint density at radius 1 is 1.12 bits per heavy atom. The average molecular weight is 369 g/mol. The summed E-state index contributed by atoms with van der Waals surface area (Å²) >= 11 is 7.52. The van der Waals surface area contributed by atoms with Gasteiger partial charge < -0.3 is 5.32 Å². The average Bonchev–Trinajstić information content (AvgIpc) is 3.21. The van der Waals surface area contributed by atoms with Crippen molar-refractivity contribution in [3.8, 4) is 11.4 Å². The molecule has 0 saturated heterocycles. The van der Waals surface area contributed by atoms with Gasteiger partial charge in [-0.3, -0.25) is 4.40 Å². The van der Waals surface area contributed by atoms with E-state index in [2.05, 4.69) is 22.0 Å². The first-order valence-corrected chi connectivity index (χ1v) is 9.45. The van der Waals surface area contributed by atoms with Crippen LogP contribution in [0.2, 0.25) is 5.02 Å². The number of pyridine rings is 1. The van der Waals surface area contributed by atoms with Crippen LogP contribution in [-0.4, -0.2) is 14.4 Å². The van der Waals surface area contributed by atoms with E-state index < -0.39 is 0 Å². The minimum atomic E-state index is 0.723. The molecule has 0 aliphatic carbocycles. The number of hydrogen-bond donors (Lipinski definition) is 1. The van der Waals surface area contributed by atoms with Gasteiger partial charge in [-0.25, -0.2) is 9.97 Å². The van der Waals surface area contributed by atoms with E-state index in [1.54, 1.807) is 11.3 Å². The lowest BCUT2D eigenvalue weighted by molar-refractivity contribution is 0.895. The van der Waals surface area contributed by atoms with Gasteiger partial charge in [-0.1, -0.05) is 31.0 Å². The highest BCUT2D eigenvalue weighted by Gasteiger charge is 2.16. The predicted octanol–water partition coefficient (Wildman–Crippen LogP) is 5.81. The SMILES string of the molecule is CCCc1nc2ccccn2c1-c1csc(Nc2ccc(Cl)cc2)n1. The number of aromatic nitrogens is 3. The number of halogens is 1. The number of aryl methyl sites for hydroxylation is 1. The smallest absolute Gasteiger partial charge is 0.187 e. The molecule has 4 aromatic rings. The Hall–Kier alpha value is -2.37. The summed E-state index contributed by atoms with van der Waals surface area (Å²) in [6, 6.07) is 13.7. The lowest BCUT2D eigenvalue weighted by atomic mass is 10.2. The van der Waals surface area contributed by atoms with Crippen molar-refractivity contribution in [1.82, 2.24) is 14.4 Å². The van der Waals surface area contributed by atoms with Crippen LogP contribution in [0, 0.1) is 0 Å². The fraction of sp³-hybridized carbons (Fsp3) is 0.158. The molecule has 6 heteroatoms. The Bertz CT molecular complexity index is 1000. The summed E-state index contributed by atoms with van der Waals surface area (Å²) in [4.78, 5) is 9.55. The van der Waals surface area contributed by atoms with Gasteiger partial charge in [-0.05, 0) is 42.8 Å². The van der Waals surface area contributed by atoms with Crippen molar-refractivity contribution in [3.63, 3.8) is 0 Å². The zero-order chi connectivity index (χ0) is 17.2. The van der Waals surface area contributed by atoms with Crippen molar-refractivity contribution < 1.29 is 0 Å². The fourth-order valence-corrected chi connectivity index (χ4v) is 3.66. The van der Waals surface area contributed by atoms with Crippen LogP contribution in [0.5, 0.6) is 0 Å². The predicted molar refractivity (Wildman–Crippen MR) is 105 cm³/mol. The first-order valence-electron chi connectivity index (χ1n) is 8.19. The Balaban J connectivity index is 1.71. The molecule has 0 atom stereocenters. The number of nitrogens with zero attached hydrogens (tertiary/aromatic N) is 3. The maximum Gasteiger partial charge on any atom is 0.187 e. The van der Waals surface area contributed by atoms with Crippen molar-refractivity contribution in [1.29, 1.82) is 0 Å². The first-order chi connectivity index (χ1) is 12.2. The second-order valence-electron chi connectivity index (χ2n) is 5.76. The van der Waals surface area contributed by atoms with Gasteiger partial charge in [0.2, 0.25) is 0 Å². The highest BCUT2D eigenvalue weighted by molar-refractivity contribution is 7.14. The van der Waals surface area contributed by atoms with Crippen molar-refractivity contribution in [2.24, 2.45) is 0 Å². The number of hydrogen-bond acceptors (Lipinski definition) is 4. The van der Waals surface area contributed by atoms with E-state index >= 15 is 0 Å². The molecule has 1 aromatic carbocycles. The summed E-state index contributed by atoms with van der Waals surface area (Å²) in [6.45, 7) is 2.17. The van der Waals surface area contributed by atoms with Crippen LogP contribution in [0.3, 0.4) is 0 Å². The van der Waals surface area contributed by atoms with E-state index in [0.717, 1.165) is 51.4 Å². The molecule has 0 unspecified atom stereocenters. The van der Waals surface area contributed by atoms with Crippen LogP contribution < -0.4 is 5.32 Å². The van der Waals surface area contributed by atoms with Crippen LogP contribution in [0.15, 0.2) is 54.0 Å². The van der Waals surface area contributed by atoms with E-state index in [9.17, 15) is 0 Å². The van der Waals surface area contributed by atoms with Gasteiger partial charge in [0.1, 0.15) is 11.3 Å². The number of benzene rings is 1. The number of thiazole rings is 1. The third-order valence-electron chi connectivity index (χ3n) is 3.93. The number of anilines is 2. The molecule has 0 spiro atoms. The molecule has 0 aliphatic heterocycles. The van der Waals surface area contributed by atoms with Gasteiger partial charge >= 0.3 is 0 Å². The van der Waals surface area contributed by atoms with Gasteiger partial charge in [-0.15, -0.1) is 11.3 Å². The molecular formula is C19H17ClN4S. The molecule has 3 aromatic heterocycles. The molecule has 1 N–H and O–H groups in total. The summed E-state index contributed by atoms with van der Waals surface area (Å²) in [5, 5.41) is 6.98. The van der Waals surface area contributed by atoms with Gasteiger partial charge in [0.15, 0.2) is 5.13 Å². The van der Waals surface area contributed by atoms with E-state index in [1.165, 1.54) is 0 Å². The lowest BCUT2D eigenvalue weighted by Gasteiger charge is -2.03. The maximum atomic E-state index is 5.94. The Labute approximate surface area is 155 Å². The van der Waals surface area contributed by atoms with E-state index in [4.69, 9.17) is 21.6 Å². The first kappa shape index (κ1) is 16.1. The molecule has 126 valence electrons. The molecule has 4 rings (SSSR count). The molecule has 25 heavy (non-hydrogen) atoms. The summed E-state index contributed by atoms with van der Waals surface area (Å²) in [5.74, 6) is 0. The highest BCUT2D eigenvalue weighted by atomic mass is 35.5. The monoisotopic (exact) mass is 368 g/mol. The van der Waals surface area contributed by atoms with Crippen molar-refractivity contribution in [3.05, 3.63) is 64.8 Å². The summed E-state index contributed by atoms with van der Waals surface area (Å²) in [6.07, 6.45) is 4.04. The van der Waals surface area contributed by atoms with Crippen molar-refractivity contribution >= 4 is 39.4 Å². The maximum absolute atomic E-state index is 5.94. The summed E-state index contributed by atoms with van der Waals surface area (Å²) < 4.78 is 2.12. The van der Waals surface area contributed by atoms with Crippen LogP contribution in [0.25, 0.3) is 17.0 Å². The summed E-state index contributed by atoms with van der Waals surface area (Å²) in [5.41, 5.74) is 5.05. The normalized spacial score (nSPS) is 11.1. The molecule has 0 aliphatic rings. The number of fused-ring (bicyclic) bond motifs is 1. The van der Waals surface area contributed by atoms with Crippen LogP contribution in [0.4, 0.5) is 10.8 Å². The van der Waals surface area contributed by atoms with E-state index in [-0.39, 0.29) is 0 Å². The quantitative estimate of drug-likeness (QED) is 0.483. The highest BCUT2D eigenvalue weighted by Crippen LogP contribution is 2.30. The van der Waals surface area contributed by atoms with E-state index in [0.29, 0.717) is 0 Å². The second-order valence-corrected chi connectivity index (χ2v) is 7.05. The number of rotatable bonds is 5. The molecular weight excluding hydrogens is 352 g/mol. The van der Waals surface area contributed by atoms with Gasteiger partial charge in [0.25, 0.3) is 0 Å². The van der Waals surface area contributed by atoms with Crippen molar-refractivity contribution in [2.75, 3.05) is 5.32 Å². The minimum absolute atomic E-state index is 0.723. The largest absolute Gasteiger partial charge is 0.332 e. The minimum Gasteiger partial charge on any atom is -0.332 e. The lowest BCUT2D eigenvalue weighted by Crippen LogP contribution is -1.93. The van der Waals surface area contributed by atoms with Crippen LogP contribution in [-0.2, 0) is 6.42 Å². The van der Waals surface area contributed by atoms with Crippen molar-refractivity contribution in [2.45, 2.75) is 19.8 Å². The fourth-order valence-electron chi connectivity index (χ4n) is 2.82.